The van der Waals surface area contributed by atoms with E-state index in [-0.39, 0.29) is 108 Å². The Kier molecular flexibility index (Phi) is 42.0. The number of aromatic nitrogens is 2. The largest absolute Gasteiger partial charge is 0.508 e. The Morgan fingerprint density at radius 3 is 1.32 bits per heavy atom. The average Bonchev–Trinajstić information content (AvgIpc) is 1.74. The van der Waals surface area contributed by atoms with E-state index in [1.165, 1.54) is 36.0 Å². The van der Waals surface area contributed by atoms with Crippen LogP contribution in [0.3, 0.4) is 0 Å². The van der Waals surface area contributed by atoms with Crippen molar-refractivity contribution in [3.8, 4) is 5.75 Å². The van der Waals surface area contributed by atoms with Crippen LogP contribution in [0.2, 0.25) is 0 Å². The van der Waals surface area contributed by atoms with Crippen molar-refractivity contribution in [3.05, 3.63) is 102 Å². The van der Waals surface area contributed by atoms with E-state index in [1.54, 1.807) is 81.0 Å². The standard InChI is InChI=1S/C79H118N20O17S/c1-6-46(4)69(79(116)98-62(38-64(83)102)71(108)88-42-67(105)87-41-65(84)103)99-74(111)58(30-34-117-5)94-77(114)60(36-48-39-85-53-20-12-10-18-51(48)53)96-72(109)56(23-15-32-81)90-68(106)43-89-70(107)55(22-14-31-80)92-73(110)57(24-16-33-82)93-76(113)61(37-49-40-86-54-21-13-11-19-52(49)54)97-75(112)59(35-47-26-28-50(101)29-27-47)95-78(115)63(44-100)91-66(104)25-9-7-8-17-45(2)3/h10-13,18-21,26-29,39-40,45-46,55-63,69,85-86,100-101H,6-9,14-17,22-25,30-38,41-44,80-82H2,1-5H3,(H2,83,102)(H2,84,103)(H,87,105)(H,88,108)(H,89,107)(H,90,106)(H,91,104)(H,92,110)(H,93,113)(H,94,114)(H,95,115)(H,96,109)(H,97,112)(H,98,116)(H,99,111)/t46-,55-,56+,57+,58-,59+,60-,61+,62-,63+,69-/m0/s1. The Bertz CT molecular complexity index is 4140. The van der Waals surface area contributed by atoms with Gasteiger partial charge in [0, 0.05) is 59.9 Å². The number of amides is 15. The molecule has 0 aliphatic rings. The lowest BCUT2D eigenvalue weighted by atomic mass is 9.97. The molecule has 0 bridgehead atoms. The van der Waals surface area contributed by atoms with E-state index >= 15 is 0 Å². The summed E-state index contributed by atoms with van der Waals surface area (Å²) in [4.78, 5) is 213. The van der Waals surface area contributed by atoms with Crippen LogP contribution in [-0.2, 0) is 91.2 Å². The highest BCUT2D eigenvalue weighted by Gasteiger charge is 2.38. The van der Waals surface area contributed by atoms with Gasteiger partial charge in [0.2, 0.25) is 88.6 Å². The third-order valence-corrected chi connectivity index (χ3v) is 20.0. The zero-order valence-electron chi connectivity index (χ0n) is 67.0. The van der Waals surface area contributed by atoms with E-state index in [4.69, 9.17) is 28.7 Å². The zero-order chi connectivity index (χ0) is 86.1. The molecule has 5 aromatic rings. The monoisotopic (exact) mass is 1650 g/mol. The van der Waals surface area contributed by atoms with Gasteiger partial charge in [0.05, 0.1) is 32.7 Å². The second-order valence-corrected chi connectivity index (χ2v) is 30.1. The number of aromatic amines is 2. The second kappa shape index (κ2) is 51.0. The molecule has 27 N–H and O–H groups in total. The number of unbranched alkanes of at least 4 members (excludes halogenated alkanes) is 2. The lowest BCUT2D eigenvalue weighted by molar-refractivity contribution is -0.136. The van der Waals surface area contributed by atoms with Crippen molar-refractivity contribution < 1.29 is 82.1 Å². The number of thioether (sulfide) groups is 1. The third-order valence-electron chi connectivity index (χ3n) is 19.4. The number of hydrogen-bond donors (Lipinski definition) is 22. The van der Waals surface area contributed by atoms with Crippen molar-refractivity contribution in [2.75, 3.05) is 57.9 Å². The summed E-state index contributed by atoms with van der Waals surface area (Å²) in [5, 5.41) is 55.4. The molecule has 0 saturated carbocycles. The fraction of sp³-hybridized carbons (Fsp3) is 0.532. The van der Waals surface area contributed by atoms with Crippen LogP contribution < -0.4 is 97.8 Å². The number of aromatic hydroxyl groups is 1. The van der Waals surface area contributed by atoms with Crippen LogP contribution in [0.15, 0.2) is 85.2 Å². The second-order valence-electron chi connectivity index (χ2n) is 29.1. The van der Waals surface area contributed by atoms with Gasteiger partial charge in [-0.15, -0.1) is 0 Å². The lowest BCUT2D eigenvalue weighted by Crippen LogP contribution is -2.61. The number of nitrogens with one attached hydrogen (secondary N) is 15. The van der Waals surface area contributed by atoms with Crippen molar-refractivity contribution in [1.29, 1.82) is 0 Å². The molecule has 0 aliphatic heterocycles. The molecular weight excluding hydrogens is 1530 g/mol. The van der Waals surface area contributed by atoms with Crippen LogP contribution in [0.5, 0.6) is 5.75 Å². The number of fused-ring (bicyclic) bond motifs is 2. The minimum atomic E-state index is -1.64. The fourth-order valence-corrected chi connectivity index (χ4v) is 13.1. The minimum absolute atomic E-state index is 0.0156. The third kappa shape index (κ3) is 33.5. The molecule has 0 spiro atoms. The first-order valence-electron chi connectivity index (χ1n) is 39.4. The van der Waals surface area contributed by atoms with Gasteiger partial charge in [-0.25, -0.2) is 0 Å². The van der Waals surface area contributed by atoms with Crippen molar-refractivity contribution in [2.24, 2.45) is 40.5 Å². The number of para-hydroxylation sites is 2. The zero-order valence-corrected chi connectivity index (χ0v) is 67.8. The van der Waals surface area contributed by atoms with Gasteiger partial charge in [0.15, 0.2) is 0 Å². The normalized spacial score (nSPS) is 14.0. The number of carbonyl (C=O) groups is 15. The molecule has 2 heterocycles. The number of aliphatic hydroxyl groups excluding tert-OH is 1. The van der Waals surface area contributed by atoms with E-state index in [2.05, 4.69) is 92.9 Å². The Hall–Kier alpha value is -11.2. The van der Waals surface area contributed by atoms with Crippen LogP contribution in [-0.4, -0.2) is 227 Å². The van der Waals surface area contributed by atoms with Crippen LogP contribution in [0.1, 0.15) is 134 Å². The molecule has 11 atom stereocenters. The number of nitrogens with two attached hydrogens (primary N) is 5. The summed E-state index contributed by atoms with van der Waals surface area (Å²) in [7, 11) is 0. The van der Waals surface area contributed by atoms with Gasteiger partial charge in [-0.1, -0.05) is 102 Å². The molecule has 5 rings (SSSR count). The maximum absolute atomic E-state index is 15.0. The molecule has 0 radical (unpaired) electrons. The van der Waals surface area contributed by atoms with Crippen molar-refractivity contribution >= 4 is 122 Å². The van der Waals surface area contributed by atoms with Crippen LogP contribution in [0.4, 0.5) is 0 Å². The van der Waals surface area contributed by atoms with Crippen LogP contribution in [0, 0.1) is 11.8 Å². The predicted molar refractivity (Wildman–Crippen MR) is 439 cm³/mol. The average molecular weight is 1650 g/mol. The Balaban J connectivity index is 1.36. The predicted octanol–water partition coefficient (Wildman–Crippen LogP) is -2.45. The van der Waals surface area contributed by atoms with E-state index in [0.717, 1.165) is 19.3 Å². The molecule has 2 aromatic heterocycles. The lowest BCUT2D eigenvalue weighted by Gasteiger charge is -2.29. The number of phenols is 1. The van der Waals surface area contributed by atoms with Crippen LogP contribution in [0.25, 0.3) is 21.8 Å². The van der Waals surface area contributed by atoms with Gasteiger partial charge in [-0.2, -0.15) is 11.8 Å². The highest BCUT2D eigenvalue weighted by Crippen LogP contribution is 2.23. The Morgan fingerprint density at radius 2 is 0.846 bits per heavy atom. The maximum Gasteiger partial charge on any atom is 0.245 e. The van der Waals surface area contributed by atoms with E-state index in [9.17, 15) is 82.1 Å². The van der Waals surface area contributed by atoms with Gasteiger partial charge >= 0.3 is 0 Å². The molecule has 0 aliphatic carbocycles. The number of aliphatic hydroxyl groups is 1. The first-order valence-corrected chi connectivity index (χ1v) is 40.8. The molecule has 15 amide bonds. The highest BCUT2D eigenvalue weighted by molar-refractivity contribution is 7.98. The Labute approximate surface area is 683 Å². The quantitative estimate of drug-likeness (QED) is 0.0180. The van der Waals surface area contributed by atoms with Gasteiger partial charge < -0.3 is 118 Å². The number of hydrogen-bond acceptors (Lipinski definition) is 21. The van der Waals surface area contributed by atoms with Gasteiger partial charge in [0.25, 0.3) is 0 Å². The van der Waals surface area contributed by atoms with Gasteiger partial charge in [0.1, 0.15) is 66.2 Å². The number of H-pyrrole nitrogens is 2. The molecule has 0 fully saturated rings. The van der Waals surface area contributed by atoms with Crippen LogP contribution >= 0.6 is 11.8 Å². The first kappa shape index (κ1) is 96.4. The van der Waals surface area contributed by atoms with Crippen molar-refractivity contribution in [3.63, 3.8) is 0 Å². The molecule has 38 heteroatoms. The summed E-state index contributed by atoms with van der Waals surface area (Å²) in [5.41, 5.74) is 31.3. The fourth-order valence-electron chi connectivity index (χ4n) is 12.6. The molecular formula is C79H118N20O17S. The molecule has 117 heavy (non-hydrogen) atoms. The summed E-state index contributed by atoms with van der Waals surface area (Å²) in [6.07, 6.45) is 7.51. The van der Waals surface area contributed by atoms with E-state index in [1.807, 2.05) is 0 Å². The minimum Gasteiger partial charge on any atom is -0.508 e. The molecule has 0 unspecified atom stereocenters. The summed E-state index contributed by atoms with van der Waals surface area (Å²) < 4.78 is 0. The highest BCUT2D eigenvalue weighted by atomic mass is 32.2. The smallest absolute Gasteiger partial charge is 0.245 e. The summed E-state index contributed by atoms with van der Waals surface area (Å²) in [6, 6.07) is 5.52. The van der Waals surface area contributed by atoms with E-state index < -0.39 is 188 Å². The molecule has 37 nitrogen and oxygen atoms in total. The summed E-state index contributed by atoms with van der Waals surface area (Å²) in [5.74, 6) is -13.0. The Morgan fingerprint density at radius 1 is 0.419 bits per heavy atom. The maximum atomic E-state index is 15.0. The number of carbonyl (C=O) groups excluding carboxylic acids is 15. The summed E-state index contributed by atoms with van der Waals surface area (Å²) in [6.45, 7) is 4.88. The number of benzene rings is 3. The summed E-state index contributed by atoms with van der Waals surface area (Å²) >= 11 is 1.33. The van der Waals surface area contributed by atoms with Gasteiger partial charge in [-0.05, 0) is 136 Å². The molecule has 642 valence electrons. The SMILES string of the molecule is CC[C@H](C)[C@H](NC(=O)[C@H](CCSC)NC(=O)[C@H](Cc1c[nH]c2ccccc12)NC(=O)[C@@H](CCCN)NC(=O)CNC(=O)[C@H](CCCN)NC(=O)[C@@H](CCCN)NC(=O)[C@@H](Cc1c[nH]c2ccccc12)NC(=O)[C@@H](Cc1ccc(O)cc1)NC(=O)[C@@H](CO)NC(=O)CCCCCC(C)C)C(=O)N[C@@H](CC(N)=O)C(=O)NCC(=O)NCC(N)=O. The topological polar surface area (TPSA) is 615 Å². The van der Waals surface area contributed by atoms with Crippen molar-refractivity contribution in [2.45, 2.75) is 197 Å². The van der Waals surface area contributed by atoms with Gasteiger partial charge in [-0.3, -0.25) is 71.9 Å². The van der Waals surface area contributed by atoms with E-state index in [0.29, 0.717) is 50.8 Å². The van der Waals surface area contributed by atoms with Crippen molar-refractivity contribution in [1.82, 2.24) is 79.1 Å². The number of rotatable bonds is 55. The molecule has 0 saturated heterocycles. The number of primary amides is 2. The number of phenolic OH excluding ortho intramolecular Hbond substituents is 1. The first-order chi connectivity index (χ1) is 55.9. The molecule has 3 aromatic carbocycles.